The zero-order valence-corrected chi connectivity index (χ0v) is 40.6. The highest BCUT2D eigenvalue weighted by molar-refractivity contribution is 6.14. The van der Waals surface area contributed by atoms with Crippen molar-refractivity contribution >= 4 is 23.4 Å². The second-order valence-corrected chi connectivity index (χ2v) is 19.1. The Balaban J connectivity index is 1.06. The van der Waals surface area contributed by atoms with E-state index in [1.807, 2.05) is 95.4 Å². The van der Waals surface area contributed by atoms with Gasteiger partial charge < -0.3 is 38.8 Å². The van der Waals surface area contributed by atoms with Gasteiger partial charge in [-0.05, 0) is 130 Å². The number of carbonyl (C=O) groups excluding carboxylic acids is 3. The summed E-state index contributed by atoms with van der Waals surface area (Å²) < 4.78 is 15.7. The number of nitrogens with zero attached hydrogens (tertiary/aromatic N) is 6. The number of hydrogen-bond acceptors (Lipinski definition) is 8. The van der Waals surface area contributed by atoms with Crippen molar-refractivity contribution in [2.45, 2.75) is 85.2 Å². The standard InChI is InChI=1S/C56H61N7O6/c1-34-24-40-10-8-9-11-42(40)33-63(34)56(67)50-27-43-32-62(51(65)25-39-12-18-47(19-13-39)68-23-22-61-30-35(2)69-36(3)31-61)21-20-41(43)26-49(50)54-53(48-28-45(29-57)59(6)37(48)4)52(38(5)60(54)7)55(66)58-44-14-16-46(64)17-15-44/h8-19,26-28,34-36,64H,20-25,30-33H2,1-7H3,(H,58,66)/t34-,35-,36-/m1/s1. The van der Waals surface area contributed by atoms with Crippen LogP contribution >= 0.6 is 0 Å². The summed E-state index contributed by atoms with van der Waals surface area (Å²) in [6.07, 6.45) is 1.91. The molecule has 13 heteroatoms. The molecule has 9 rings (SSSR count). The highest BCUT2D eigenvalue weighted by Crippen LogP contribution is 2.44. The average molecular weight is 928 g/mol. The number of carbonyl (C=O) groups is 3. The lowest BCUT2D eigenvalue weighted by atomic mass is 9.87. The first-order valence-electron chi connectivity index (χ1n) is 23.9. The topological polar surface area (TPSA) is 145 Å². The van der Waals surface area contributed by atoms with Crippen LogP contribution in [0.1, 0.15) is 86.4 Å². The van der Waals surface area contributed by atoms with Gasteiger partial charge in [0.15, 0.2) is 0 Å². The van der Waals surface area contributed by atoms with Crippen LogP contribution in [0.5, 0.6) is 11.5 Å². The van der Waals surface area contributed by atoms with Gasteiger partial charge in [0.1, 0.15) is 29.9 Å². The summed E-state index contributed by atoms with van der Waals surface area (Å²) in [7, 11) is 3.74. The Labute approximate surface area is 404 Å². The van der Waals surface area contributed by atoms with Gasteiger partial charge in [-0.15, -0.1) is 0 Å². The zero-order valence-electron chi connectivity index (χ0n) is 40.6. The lowest BCUT2D eigenvalue weighted by molar-refractivity contribution is -0.131. The number of rotatable bonds is 11. The van der Waals surface area contributed by atoms with Gasteiger partial charge in [0.25, 0.3) is 11.8 Å². The maximum atomic E-state index is 15.5. The van der Waals surface area contributed by atoms with E-state index in [1.165, 1.54) is 17.7 Å². The number of aromatic nitrogens is 2. The SMILES string of the molecule is Cc1c(-c2c(C(=O)Nc3ccc(O)cc3)c(C)n(C)c2-c2cc3c(cc2C(=O)N2Cc4ccccc4C[C@H]2C)CN(C(=O)Cc2ccc(OCCN4C[C@@H](C)O[C@H](C)C4)cc2)CC3)cc(C#N)n1C. The molecule has 0 aliphatic carbocycles. The van der Waals surface area contributed by atoms with Crippen molar-refractivity contribution in [1.29, 1.82) is 5.26 Å². The van der Waals surface area contributed by atoms with Gasteiger partial charge in [0.2, 0.25) is 5.91 Å². The molecule has 69 heavy (non-hydrogen) atoms. The number of morpholine rings is 1. The van der Waals surface area contributed by atoms with E-state index in [4.69, 9.17) is 9.47 Å². The minimum atomic E-state index is -0.367. The molecule has 356 valence electrons. The summed E-state index contributed by atoms with van der Waals surface area (Å²) >= 11 is 0. The van der Waals surface area contributed by atoms with Crippen LogP contribution in [0.3, 0.4) is 0 Å². The van der Waals surface area contributed by atoms with Crippen LogP contribution in [0, 0.1) is 25.2 Å². The van der Waals surface area contributed by atoms with E-state index in [0.717, 1.165) is 53.3 Å². The first-order valence-corrected chi connectivity index (χ1v) is 23.9. The van der Waals surface area contributed by atoms with Crippen molar-refractivity contribution in [3.63, 3.8) is 0 Å². The molecule has 2 N–H and O–H groups in total. The number of hydrogen-bond donors (Lipinski definition) is 2. The lowest BCUT2D eigenvalue weighted by Crippen LogP contribution is -2.46. The summed E-state index contributed by atoms with van der Waals surface area (Å²) in [5.74, 6) is 0.336. The molecule has 4 aromatic carbocycles. The molecular weight excluding hydrogens is 867 g/mol. The third kappa shape index (κ3) is 9.52. The fourth-order valence-electron chi connectivity index (χ4n) is 10.5. The van der Waals surface area contributed by atoms with Gasteiger partial charge in [0, 0.05) is 98.7 Å². The quantitative estimate of drug-likeness (QED) is 0.124. The monoisotopic (exact) mass is 927 g/mol. The molecule has 0 radical (unpaired) electrons. The third-order valence-corrected chi connectivity index (χ3v) is 14.4. The molecule has 0 bridgehead atoms. The number of benzene rings is 4. The number of nitriles is 1. The fraction of sp³-hybridized carbons (Fsp3) is 0.357. The average Bonchev–Trinajstić information content (AvgIpc) is 3.77. The first kappa shape index (κ1) is 46.9. The second-order valence-electron chi connectivity index (χ2n) is 19.1. The molecule has 3 atom stereocenters. The van der Waals surface area contributed by atoms with Crippen molar-refractivity contribution in [3.8, 4) is 40.0 Å². The van der Waals surface area contributed by atoms with Crippen molar-refractivity contribution in [2.75, 3.05) is 38.1 Å². The molecule has 2 aromatic heterocycles. The van der Waals surface area contributed by atoms with Gasteiger partial charge in [-0.25, -0.2) is 0 Å². The van der Waals surface area contributed by atoms with Crippen LogP contribution in [0.15, 0.2) is 91.0 Å². The number of phenolic OH excluding ortho intramolecular Hbond substituents is 1. The van der Waals surface area contributed by atoms with E-state index in [-0.39, 0.29) is 48.1 Å². The summed E-state index contributed by atoms with van der Waals surface area (Å²) in [5.41, 5.74) is 11.1. The van der Waals surface area contributed by atoms with Crippen LogP contribution in [0.2, 0.25) is 0 Å². The Bertz CT molecular complexity index is 2970. The Morgan fingerprint density at radius 2 is 1.54 bits per heavy atom. The number of fused-ring (bicyclic) bond motifs is 2. The molecule has 1 saturated heterocycles. The van der Waals surface area contributed by atoms with Crippen LogP contribution < -0.4 is 10.1 Å². The summed E-state index contributed by atoms with van der Waals surface area (Å²) in [4.78, 5) is 50.3. The molecule has 0 spiro atoms. The summed E-state index contributed by atoms with van der Waals surface area (Å²) in [6.45, 7) is 14.5. The fourth-order valence-corrected chi connectivity index (χ4v) is 10.5. The van der Waals surface area contributed by atoms with Crippen LogP contribution in [0.4, 0.5) is 5.69 Å². The first-order chi connectivity index (χ1) is 33.2. The molecule has 3 aliphatic heterocycles. The molecule has 6 aromatic rings. The highest BCUT2D eigenvalue weighted by atomic mass is 16.5. The summed E-state index contributed by atoms with van der Waals surface area (Å²) in [6, 6.07) is 30.4. The molecule has 1 fully saturated rings. The van der Waals surface area contributed by atoms with E-state index >= 15 is 4.79 Å². The number of anilines is 1. The molecule has 0 unspecified atom stereocenters. The van der Waals surface area contributed by atoms with Crippen LogP contribution in [-0.4, -0.2) is 97.7 Å². The number of ether oxygens (including phenoxy) is 2. The smallest absolute Gasteiger partial charge is 0.258 e. The van der Waals surface area contributed by atoms with E-state index in [0.29, 0.717) is 89.7 Å². The predicted molar refractivity (Wildman–Crippen MR) is 266 cm³/mol. The van der Waals surface area contributed by atoms with Crippen LogP contribution in [-0.2, 0) is 56.0 Å². The van der Waals surface area contributed by atoms with E-state index in [2.05, 4.69) is 55.3 Å². The predicted octanol–water partition coefficient (Wildman–Crippen LogP) is 8.35. The number of aromatic hydroxyl groups is 1. The molecular formula is C56H61N7O6. The normalized spacial score (nSPS) is 18.0. The highest BCUT2D eigenvalue weighted by Gasteiger charge is 2.35. The van der Waals surface area contributed by atoms with Gasteiger partial charge in [-0.1, -0.05) is 36.4 Å². The number of amides is 3. The molecule has 5 heterocycles. The van der Waals surface area contributed by atoms with Crippen molar-refractivity contribution < 1.29 is 29.0 Å². The maximum absolute atomic E-state index is 15.5. The van der Waals surface area contributed by atoms with Crippen molar-refractivity contribution in [2.24, 2.45) is 14.1 Å². The second kappa shape index (κ2) is 19.5. The molecule has 13 nitrogen and oxygen atoms in total. The Morgan fingerprint density at radius 1 is 0.826 bits per heavy atom. The van der Waals surface area contributed by atoms with Gasteiger partial charge in [-0.3, -0.25) is 19.3 Å². The zero-order chi connectivity index (χ0) is 48.7. The van der Waals surface area contributed by atoms with E-state index in [1.54, 1.807) is 12.1 Å². The molecule has 0 saturated carbocycles. The lowest BCUT2D eigenvalue weighted by Gasteiger charge is -2.36. The maximum Gasteiger partial charge on any atom is 0.258 e. The molecule has 3 aliphatic rings. The van der Waals surface area contributed by atoms with Gasteiger partial charge in [0.05, 0.1) is 29.9 Å². The minimum absolute atomic E-state index is 0.000524. The minimum Gasteiger partial charge on any atom is -0.508 e. The largest absolute Gasteiger partial charge is 0.508 e. The third-order valence-electron chi connectivity index (χ3n) is 14.4. The van der Waals surface area contributed by atoms with Crippen molar-refractivity contribution in [3.05, 3.63) is 147 Å². The van der Waals surface area contributed by atoms with Crippen LogP contribution in [0.25, 0.3) is 22.4 Å². The molecule has 3 amide bonds. The van der Waals surface area contributed by atoms with Gasteiger partial charge >= 0.3 is 0 Å². The van der Waals surface area contributed by atoms with Crippen molar-refractivity contribution in [1.82, 2.24) is 23.8 Å². The van der Waals surface area contributed by atoms with Gasteiger partial charge in [-0.2, -0.15) is 5.26 Å². The number of nitrogens with one attached hydrogen (secondary N) is 1. The Kier molecular flexibility index (Phi) is 13.2. The number of phenols is 1. The van der Waals surface area contributed by atoms with E-state index < -0.39 is 0 Å². The Hall–Kier alpha value is -7.14. The van der Waals surface area contributed by atoms with E-state index in [9.17, 15) is 20.0 Å². The Morgan fingerprint density at radius 3 is 2.23 bits per heavy atom. The summed E-state index contributed by atoms with van der Waals surface area (Å²) in [5, 5.41) is 23.2.